The zero-order valence-corrected chi connectivity index (χ0v) is 8.78. The second-order valence-corrected chi connectivity index (χ2v) is 3.07. The fourth-order valence-corrected chi connectivity index (χ4v) is 1.19. The third-order valence-electron chi connectivity index (χ3n) is 2.01. The lowest BCUT2D eigenvalue weighted by atomic mass is 10.2. The molecule has 0 saturated heterocycles. The van der Waals surface area contributed by atoms with Gasteiger partial charge in [0.2, 0.25) is 0 Å². The van der Waals surface area contributed by atoms with Crippen LogP contribution >= 0.6 is 0 Å². The summed E-state index contributed by atoms with van der Waals surface area (Å²) in [5, 5.41) is 3.00. The Kier molecular flexibility index (Phi) is 3.93. The minimum absolute atomic E-state index is 0.277. The molecule has 15 heavy (non-hydrogen) atoms. The second kappa shape index (κ2) is 5.21. The number of hydrogen-bond donors (Lipinski definition) is 3. The van der Waals surface area contributed by atoms with Crippen LogP contribution in [0.1, 0.15) is 6.92 Å². The highest BCUT2D eigenvalue weighted by Gasteiger charge is 2.12. The molecule has 0 aromatic heterocycles. The van der Waals surface area contributed by atoms with Crippen LogP contribution in [-0.2, 0) is 4.79 Å². The van der Waals surface area contributed by atoms with E-state index in [4.69, 9.17) is 10.6 Å². The highest BCUT2D eigenvalue weighted by Crippen LogP contribution is 2.23. The fourth-order valence-electron chi connectivity index (χ4n) is 1.19. The summed E-state index contributed by atoms with van der Waals surface area (Å²) in [6.45, 7) is 1.72. The van der Waals surface area contributed by atoms with Gasteiger partial charge in [0.25, 0.3) is 5.91 Å². The van der Waals surface area contributed by atoms with Gasteiger partial charge in [0, 0.05) is 0 Å². The van der Waals surface area contributed by atoms with Gasteiger partial charge in [-0.25, -0.2) is 5.84 Å². The van der Waals surface area contributed by atoms with Crippen molar-refractivity contribution in [2.75, 3.05) is 12.4 Å². The molecule has 1 aromatic rings. The molecule has 0 aliphatic carbocycles. The molecule has 0 fully saturated rings. The van der Waals surface area contributed by atoms with Gasteiger partial charge in [-0.05, 0) is 19.1 Å². The van der Waals surface area contributed by atoms with E-state index in [9.17, 15) is 4.79 Å². The summed E-state index contributed by atoms with van der Waals surface area (Å²) in [5.41, 5.74) is 2.84. The van der Waals surface area contributed by atoms with E-state index in [-0.39, 0.29) is 5.91 Å². The van der Waals surface area contributed by atoms with Crippen LogP contribution in [0.4, 0.5) is 5.69 Å². The van der Waals surface area contributed by atoms with Crippen LogP contribution in [0.15, 0.2) is 24.3 Å². The maximum absolute atomic E-state index is 11.2. The first-order valence-electron chi connectivity index (χ1n) is 4.59. The molecule has 5 nitrogen and oxygen atoms in total. The van der Waals surface area contributed by atoms with Crippen LogP contribution in [0.25, 0.3) is 0 Å². The number of methoxy groups -OCH3 is 1. The molecule has 82 valence electrons. The van der Waals surface area contributed by atoms with E-state index in [0.717, 1.165) is 5.69 Å². The number of rotatable bonds is 4. The van der Waals surface area contributed by atoms with Crippen LogP contribution in [0.3, 0.4) is 0 Å². The number of ether oxygens (including phenoxy) is 1. The van der Waals surface area contributed by atoms with Crippen molar-refractivity contribution in [3.05, 3.63) is 24.3 Å². The van der Waals surface area contributed by atoms with Gasteiger partial charge in [-0.15, -0.1) is 0 Å². The number of anilines is 1. The van der Waals surface area contributed by atoms with E-state index >= 15 is 0 Å². The Morgan fingerprint density at radius 2 is 2.13 bits per heavy atom. The SMILES string of the molecule is COc1ccccc1N[C@@H](C)C(=O)NN. The number of para-hydroxylation sites is 2. The summed E-state index contributed by atoms with van der Waals surface area (Å²) >= 11 is 0. The van der Waals surface area contributed by atoms with E-state index in [0.29, 0.717) is 5.75 Å². The van der Waals surface area contributed by atoms with Crippen molar-refractivity contribution in [2.24, 2.45) is 5.84 Å². The van der Waals surface area contributed by atoms with Gasteiger partial charge in [-0.3, -0.25) is 10.2 Å². The number of hydrazine groups is 1. The molecule has 1 amide bonds. The van der Waals surface area contributed by atoms with Gasteiger partial charge >= 0.3 is 0 Å². The van der Waals surface area contributed by atoms with Gasteiger partial charge in [0.05, 0.1) is 12.8 Å². The Bertz CT molecular complexity index is 341. The molecule has 0 aliphatic rings. The van der Waals surface area contributed by atoms with Gasteiger partial charge in [0.1, 0.15) is 11.8 Å². The first-order valence-corrected chi connectivity index (χ1v) is 4.59. The van der Waals surface area contributed by atoms with Gasteiger partial charge in [-0.2, -0.15) is 0 Å². The summed E-state index contributed by atoms with van der Waals surface area (Å²) < 4.78 is 5.13. The van der Waals surface area contributed by atoms with Gasteiger partial charge in [0.15, 0.2) is 0 Å². The Hall–Kier alpha value is -1.75. The van der Waals surface area contributed by atoms with E-state index in [2.05, 4.69) is 10.7 Å². The smallest absolute Gasteiger partial charge is 0.256 e. The monoisotopic (exact) mass is 209 g/mol. The average molecular weight is 209 g/mol. The molecule has 0 spiro atoms. The predicted octanol–water partition coefficient (Wildman–Crippen LogP) is 0.485. The van der Waals surface area contributed by atoms with E-state index in [1.54, 1.807) is 14.0 Å². The first-order chi connectivity index (χ1) is 7.19. The van der Waals surface area contributed by atoms with Crippen molar-refractivity contribution in [3.63, 3.8) is 0 Å². The largest absolute Gasteiger partial charge is 0.495 e. The third-order valence-corrected chi connectivity index (χ3v) is 2.01. The van der Waals surface area contributed by atoms with E-state index in [1.165, 1.54) is 0 Å². The molecular weight excluding hydrogens is 194 g/mol. The van der Waals surface area contributed by atoms with Crippen LogP contribution in [0.5, 0.6) is 5.75 Å². The summed E-state index contributed by atoms with van der Waals surface area (Å²) in [7, 11) is 1.58. The molecular formula is C10H15N3O2. The van der Waals surface area contributed by atoms with Crippen molar-refractivity contribution in [2.45, 2.75) is 13.0 Å². The highest BCUT2D eigenvalue weighted by molar-refractivity contribution is 5.84. The second-order valence-electron chi connectivity index (χ2n) is 3.07. The molecule has 0 saturated carbocycles. The molecule has 5 heteroatoms. The zero-order chi connectivity index (χ0) is 11.3. The number of carbonyl (C=O) groups excluding carboxylic acids is 1. The maximum atomic E-state index is 11.2. The molecule has 0 bridgehead atoms. The van der Waals surface area contributed by atoms with Crippen molar-refractivity contribution in [1.82, 2.24) is 5.43 Å². The molecule has 1 rings (SSSR count). The van der Waals surface area contributed by atoms with Crippen molar-refractivity contribution < 1.29 is 9.53 Å². The topological polar surface area (TPSA) is 76.4 Å². The van der Waals surface area contributed by atoms with E-state index in [1.807, 2.05) is 24.3 Å². The Labute approximate surface area is 88.6 Å². The minimum atomic E-state index is -0.411. The number of nitrogens with two attached hydrogens (primary N) is 1. The number of carbonyl (C=O) groups is 1. The first kappa shape index (κ1) is 11.3. The molecule has 0 unspecified atom stereocenters. The molecule has 1 atom stereocenters. The molecule has 0 radical (unpaired) electrons. The third kappa shape index (κ3) is 2.85. The quantitative estimate of drug-likeness (QED) is 0.383. The summed E-state index contributed by atoms with van der Waals surface area (Å²) in [4.78, 5) is 11.2. The van der Waals surface area contributed by atoms with Crippen LogP contribution in [0, 0.1) is 0 Å². The van der Waals surface area contributed by atoms with Crippen molar-refractivity contribution in [1.29, 1.82) is 0 Å². The zero-order valence-electron chi connectivity index (χ0n) is 8.78. The standard InChI is InChI=1S/C10H15N3O2/c1-7(10(14)13-11)12-8-5-3-4-6-9(8)15-2/h3-7,12H,11H2,1-2H3,(H,13,14)/t7-/m0/s1. The van der Waals surface area contributed by atoms with Crippen LogP contribution in [-0.4, -0.2) is 19.1 Å². The van der Waals surface area contributed by atoms with Crippen LogP contribution in [0.2, 0.25) is 0 Å². The predicted molar refractivity (Wildman–Crippen MR) is 58.4 cm³/mol. The Balaban J connectivity index is 2.75. The summed E-state index contributed by atoms with van der Waals surface area (Å²) in [6.07, 6.45) is 0. The number of nitrogens with one attached hydrogen (secondary N) is 2. The fraction of sp³-hybridized carbons (Fsp3) is 0.300. The molecule has 4 N–H and O–H groups in total. The Morgan fingerprint density at radius 1 is 1.47 bits per heavy atom. The molecule has 0 aliphatic heterocycles. The number of hydrogen-bond acceptors (Lipinski definition) is 4. The summed E-state index contributed by atoms with van der Waals surface area (Å²) in [6, 6.07) is 6.95. The lowest BCUT2D eigenvalue weighted by Crippen LogP contribution is -2.41. The van der Waals surface area contributed by atoms with Gasteiger partial charge < -0.3 is 10.1 Å². The van der Waals surface area contributed by atoms with E-state index < -0.39 is 6.04 Å². The highest BCUT2D eigenvalue weighted by atomic mass is 16.5. The normalized spacial score (nSPS) is 11.7. The lowest BCUT2D eigenvalue weighted by molar-refractivity contribution is -0.121. The Morgan fingerprint density at radius 3 is 2.73 bits per heavy atom. The van der Waals surface area contributed by atoms with Crippen molar-refractivity contribution >= 4 is 11.6 Å². The lowest BCUT2D eigenvalue weighted by Gasteiger charge is -2.15. The van der Waals surface area contributed by atoms with Gasteiger partial charge in [-0.1, -0.05) is 12.1 Å². The van der Waals surface area contributed by atoms with Crippen LogP contribution < -0.4 is 21.3 Å². The number of benzene rings is 1. The molecule has 1 aromatic carbocycles. The molecule has 0 heterocycles. The summed E-state index contributed by atoms with van der Waals surface area (Å²) in [5.74, 6) is 5.44. The number of amides is 1. The maximum Gasteiger partial charge on any atom is 0.256 e. The average Bonchev–Trinajstić information content (AvgIpc) is 2.28. The van der Waals surface area contributed by atoms with Crippen molar-refractivity contribution in [3.8, 4) is 5.75 Å². The minimum Gasteiger partial charge on any atom is -0.495 e.